The van der Waals surface area contributed by atoms with Gasteiger partial charge in [0.05, 0.1) is 0 Å². The van der Waals surface area contributed by atoms with E-state index in [1.54, 1.807) is 11.3 Å². The van der Waals surface area contributed by atoms with Gasteiger partial charge in [-0.3, -0.25) is 0 Å². The number of likely N-dealkylation sites (N-methyl/N-ethyl adjacent to an activating group) is 1. The Kier molecular flexibility index (Phi) is 5.31. The summed E-state index contributed by atoms with van der Waals surface area (Å²) in [6.07, 6.45) is 1.91. The van der Waals surface area contributed by atoms with Crippen LogP contribution in [-0.4, -0.2) is 22.7 Å². The van der Waals surface area contributed by atoms with Crippen LogP contribution in [0.15, 0.2) is 15.3 Å². The highest BCUT2D eigenvalue weighted by Crippen LogP contribution is 2.24. The first kappa shape index (κ1) is 15.2. The normalized spacial score (nSPS) is 13.1. The van der Waals surface area contributed by atoms with Crippen LogP contribution in [0.3, 0.4) is 0 Å². The standard InChI is InChI=1S/C15H23N3OS/c1-5-16-12(6-10(2)3)7-14-17-15(18-19-14)13-9-20-8-11(13)4/h8-10,12,16H,5-7H2,1-4H3. The second-order valence-electron chi connectivity index (χ2n) is 5.57. The highest BCUT2D eigenvalue weighted by molar-refractivity contribution is 7.08. The lowest BCUT2D eigenvalue weighted by Gasteiger charge is -2.17. The van der Waals surface area contributed by atoms with E-state index < -0.39 is 0 Å². The van der Waals surface area contributed by atoms with Crippen LogP contribution in [0.2, 0.25) is 0 Å². The van der Waals surface area contributed by atoms with Crippen molar-refractivity contribution in [3.63, 3.8) is 0 Å². The van der Waals surface area contributed by atoms with Crippen molar-refractivity contribution in [2.75, 3.05) is 6.54 Å². The van der Waals surface area contributed by atoms with Crippen molar-refractivity contribution in [2.45, 2.75) is 46.6 Å². The number of rotatable bonds is 7. The van der Waals surface area contributed by atoms with Crippen molar-refractivity contribution in [1.29, 1.82) is 0 Å². The Morgan fingerprint density at radius 3 is 2.75 bits per heavy atom. The van der Waals surface area contributed by atoms with Crippen molar-refractivity contribution in [3.8, 4) is 11.4 Å². The van der Waals surface area contributed by atoms with Crippen LogP contribution < -0.4 is 5.32 Å². The maximum absolute atomic E-state index is 5.41. The van der Waals surface area contributed by atoms with Gasteiger partial charge in [-0.15, -0.1) is 0 Å². The third-order valence-corrected chi connectivity index (χ3v) is 4.10. The summed E-state index contributed by atoms with van der Waals surface area (Å²) in [6, 6.07) is 0.400. The number of nitrogens with one attached hydrogen (secondary N) is 1. The molecule has 4 nitrogen and oxygen atoms in total. The molecule has 1 atom stereocenters. The van der Waals surface area contributed by atoms with Gasteiger partial charge in [-0.05, 0) is 36.8 Å². The first-order valence-electron chi connectivity index (χ1n) is 7.19. The molecule has 0 aliphatic rings. The van der Waals surface area contributed by atoms with Crippen LogP contribution in [-0.2, 0) is 6.42 Å². The van der Waals surface area contributed by atoms with Crippen LogP contribution >= 0.6 is 11.3 Å². The molecule has 110 valence electrons. The van der Waals surface area contributed by atoms with Crippen LogP contribution in [0.25, 0.3) is 11.4 Å². The number of aromatic nitrogens is 2. The molecule has 5 heteroatoms. The van der Waals surface area contributed by atoms with Gasteiger partial charge in [0.2, 0.25) is 11.7 Å². The Balaban J connectivity index is 2.06. The van der Waals surface area contributed by atoms with Crippen molar-refractivity contribution in [3.05, 3.63) is 22.2 Å². The summed E-state index contributed by atoms with van der Waals surface area (Å²) in [6.45, 7) is 9.63. The molecule has 0 saturated carbocycles. The van der Waals surface area contributed by atoms with E-state index in [9.17, 15) is 0 Å². The topological polar surface area (TPSA) is 51.0 Å². The molecule has 0 bridgehead atoms. The highest BCUT2D eigenvalue weighted by Gasteiger charge is 2.16. The quantitative estimate of drug-likeness (QED) is 0.846. The lowest BCUT2D eigenvalue weighted by molar-refractivity contribution is 0.340. The van der Waals surface area contributed by atoms with Gasteiger partial charge in [0.15, 0.2) is 0 Å². The second kappa shape index (κ2) is 6.99. The molecule has 2 rings (SSSR count). The fourth-order valence-electron chi connectivity index (χ4n) is 2.34. The summed E-state index contributed by atoms with van der Waals surface area (Å²) < 4.78 is 5.41. The first-order valence-corrected chi connectivity index (χ1v) is 8.13. The lowest BCUT2D eigenvalue weighted by Crippen LogP contribution is -2.32. The zero-order valence-corrected chi connectivity index (χ0v) is 13.5. The number of hydrogen-bond acceptors (Lipinski definition) is 5. The fourth-order valence-corrected chi connectivity index (χ4v) is 3.17. The van der Waals surface area contributed by atoms with E-state index in [-0.39, 0.29) is 0 Å². The monoisotopic (exact) mass is 293 g/mol. The molecule has 0 aromatic carbocycles. The van der Waals surface area contributed by atoms with E-state index in [0.29, 0.717) is 17.8 Å². The molecule has 2 aromatic heterocycles. The maximum Gasteiger partial charge on any atom is 0.228 e. The summed E-state index contributed by atoms with van der Waals surface area (Å²) in [7, 11) is 0. The van der Waals surface area contributed by atoms with Crippen molar-refractivity contribution in [1.82, 2.24) is 15.5 Å². The number of aryl methyl sites for hydroxylation is 1. The van der Waals surface area contributed by atoms with Crippen LogP contribution in [0.1, 0.15) is 38.6 Å². The molecule has 0 saturated heterocycles. The van der Waals surface area contributed by atoms with Gasteiger partial charge in [-0.2, -0.15) is 16.3 Å². The van der Waals surface area contributed by atoms with Crippen molar-refractivity contribution >= 4 is 11.3 Å². The Labute approximate surface area is 124 Å². The molecule has 0 aliphatic heterocycles. The second-order valence-corrected chi connectivity index (χ2v) is 6.31. The average Bonchev–Trinajstić information content (AvgIpc) is 2.97. The van der Waals surface area contributed by atoms with E-state index >= 15 is 0 Å². The number of nitrogens with zero attached hydrogens (tertiary/aromatic N) is 2. The summed E-state index contributed by atoms with van der Waals surface area (Å²) in [5.41, 5.74) is 2.28. The largest absolute Gasteiger partial charge is 0.339 e. The molecule has 2 heterocycles. The summed E-state index contributed by atoms with van der Waals surface area (Å²) in [4.78, 5) is 4.53. The number of hydrogen-bond donors (Lipinski definition) is 1. The van der Waals surface area contributed by atoms with Gasteiger partial charge < -0.3 is 9.84 Å². The smallest absolute Gasteiger partial charge is 0.228 e. The zero-order chi connectivity index (χ0) is 14.5. The average molecular weight is 293 g/mol. The van der Waals surface area contributed by atoms with E-state index in [4.69, 9.17) is 4.52 Å². The lowest BCUT2D eigenvalue weighted by atomic mass is 10.0. The van der Waals surface area contributed by atoms with Gasteiger partial charge in [-0.1, -0.05) is 25.9 Å². The van der Waals surface area contributed by atoms with E-state index in [1.165, 1.54) is 5.56 Å². The molecule has 0 spiro atoms. The van der Waals surface area contributed by atoms with Gasteiger partial charge in [0.1, 0.15) is 0 Å². The third kappa shape index (κ3) is 3.90. The molecule has 1 unspecified atom stereocenters. The minimum Gasteiger partial charge on any atom is -0.339 e. The van der Waals surface area contributed by atoms with Crippen LogP contribution in [0.4, 0.5) is 0 Å². The summed E-state index contributed by atoms with van der Waals surface area (Å²) in [5, 5.41) is 11.8. The van der Waals surface area contributed by atoms with Crippen LogP contribution in [0.5, 0.6) is 0 Å². The van der Waals surface area contributed by atoms with Gasteiger partial charge >= 0.3 is 0 Å². The van der Waals surface area contributed by atoms with E-state index in [0.717, 1.165) is 30.8 Å². The first-order chi connectivity index (χ1) is 9.60. The highest BCUT2D eigenvalue weighted by atomic mass is 32.1. The van der Waals surface area contributed by atoms with Gasteiger partial charge in [-0.25, -0.2) is 0 Å². The molecule has 0 amide bonds. The zero-order valence-electron chi connectivity index (χ0n) is 12.6. The molecular formula is C15H23N3OS. The van der Waals surface area contributed by atoms with Crippen molar-refractivity contribution < 1.29 is 4.52 Å². The fraction of sp³-hybridized carbons (Fsp3) is 0.600. The molecule has 0 aliphatic carbocycles. The van der Waals surface area contributed by atoms with Gasteiger partial charge in [0, 0.05) is 23.4 Å². The SMILES string of the molecule is CCNC(Cc1nc(-c2cscc2C)no1)CC(C)C. The molecule has 0 radical (unpaired) electrons. The predicted octanol–water partition coefficient (Wildman–Crippen LogP) is 3.67. The number of thiophene rings is 1. The Morgan fingerprint density at radius 2 is 2.15 bits per heavy atom. The van der Waals surface area contributed by atoms with E-state index in [1.807, 2.05) is 0 Å². The molecule has 0 fully saturated rings. The van der Waals surface area contributed by atoms with Crippen LogP contribution in [0, 0.1) is 12.8 Å². The summed E-state index contributed by atoms with van der Waals surface area (Å²) >= 11 is 1.67. The van der Waals surface area contributed by atoms with Gasteiger partial charge in [0.25, 0.3) is 0 Å². The predicted molar refractivity (Wildman–Crippen MR) is 83.0 cm³/mol. The maximum atomic E-state index is 5.41. The minimum atomic E-state index is 0.400. The molecular weight excluding hydrogens is 270 g/mol. The van der Waals surface area contributed by atoms with E-state index in [2.05, 4.69) is 53.9 Å². The minimum absolute atomic E-state index is 0.400. The molecule has 1 N–H and O–H groups in total. The molecule has 2 aromatic rings. The summed E-state index contributed by atoms with van der Waals surface area (Å²) in [5.74, 6) is 2.08. The third-order valence-electron chi connectivity index (χ3n) is 3.23. The Hall–Kier alpha value is -1.20. The molecule has 20 heavy (non-hydrogen) atoms. The Bertz CT molecular complexity index is 533. The van der Waals surface area contributed by atoms with Crippen molar-refractivity contribution in [2.24, 2.45) is 5.92 Å². The Morgan fingerprint density at radius 1 is 1.35 bits per heavy atom.